The Bertz CT molecular complexity index is 1240. The Balaban J connectivity index is 1.83. The first-order valence-corrected chi connectivity index (χ1v) is 8.93. The van der Waals surface area contributed by atoms with Crippen LogP contribution in [0.15, 0.2) is 53.3 Å². The lowest BCUT2D eigenvalue weighted by Gasteiger charge is -2.41. The molecular weight excluding hydrogens is 324 g/mol. The summed E-state index contributed by atoms with van der Waals surface area (Å²) in [7, 11) is 0. The van der Waals surface area contributed by atoms with E-state index in [4.69, 9.17) is 0 Å². The summed E-state index contributed by atoms with van der Waals surface area (Å²) in [5.74, 6) is -0.166. The van der Waals surface area contributed by atoms with Gasteiger partial charge in [0.05, 0.1) is 12.0 Å². The summed E-state index contributed by atoms with van der Waals surface area (Å²) < 4.78 is 0. The van der Waals surface area contributed by atoms with Crippen molar-refractivity contribution in [2.45, 2.75) is 13.0 Å². The molecule has 3 aromatic rings. The standard InChI is InChI=1S/C22H18N2O2/c1-2-24-19-10-6-4-8-14(19)22(26)16-11-18-15(12-20(16)24)21(25)13-7-3-5-9-17(13)23-18/h3-12,16,20,23H,2H2,1H3/t16-,20?/m0/s1. The van der Waals surface area contributed by atoms with Crippen LogP contribution >= 0.6 is 0 Å². The molecule has 1 aliphatic carbocycles. The van der Waals surface area contributed by atoms with Gasteiger partial charge >= 0.3 is 0 Å². The maximum atomic E-state index is 13.1. The van der Waals surface area contributed by atoms with Crippen molar-refractivity contribution in [3.8, 4) is 0 Å². The van der Waals surface area contributed by atoms with Gasteiger partial charge in [0.2, 0.25) is 0 Å². The molecule has 0 amide bonds. The summed E-state index contributed by atoms with van der Waals surface area (Å²) in [6.07, 6.45) is 3.91. The van der Waals surface area contributed by atoms with Crippen LogP contribution in [0.5, 0.6) is 0 Å². The molecule has 0 saturated heterocycles. The van der Waals surface area contributed by atoms with Gasteiger partial charge in [-0.15, -0.1) is 0 Å². The normalized spacial score (nSPS) is 20.7. The Morgan fingerprint density at radius 2 is 1.77 bits per heavy atom. The monoisotopic (exact) mass is 342 g/mol. The third-order valence-electron chi connectivity index (χ3n) is 5.51. The average Bonchev–Trinajstić information content (AvgIpc) is 2.68. The molecule has 0 fully saturated rings. The van der Waals surface area contributed by atoms with E-state index in [0.29, 0.717) is 10.6 Å². The SMILES string of the molecule is CCN1c2ccccc2C(=O)[C@H]2C=c3[nH]c4ccccc4c(=O)c3=CC21. The highest BCUT2D eigenvalue weighted by Crippen LogP contribution is 2.35. The molecule has 1 aliphatic heterocycles. The fourth-order valence-electron chi connectivity index (χ4n) is 4.29. The predicted octanol–water partition coefficient (Wildman–Crippen LogP) is 1.81. The third-order valence-corrected chi connectivity index (χ3v) is 5.51. The molecule has 5 rings (SSSR count). The van der Waals surface area contributed by atoms with Gasteiger partial charge in [-0.05, 0) is 43.3 Å². The van der Waals surface area contributed by atoms with Gasteiger partial charge in [-0.1, -0.05) is 24.3 Å². The van der Waals surface area contributed by atoms with Crippen molar-refractivity contribution < 1.29 is 4.79 Å². The minimum atomic E-state index is -0.283. The van der Waals surface area contributed by atoms with Crippen LogP contribution in [-0.2, 0) is 0 Å². The molecule has 0 bridgehead atoms. The Hall–Kier alpha value is -3.14. The molecule has 1 N–H and O–H groups in total. The van der Waals surface area contributed by atoms with Crippen molar-refractivity contribution >= 4 is 34.5 Å². The first kappa shape index (κ1) is 15.1. The number of H-pyrrole nitrogens is 1. The predicted molar refractivity (Wildman–Crippen MR) is 104 cm³/mol. The van der Waals surface area contributed by atoms with Gasteiger partial charge in [-0.25, -0.2) is 0 Å². The molecule has 2 aliphatic rings. The number of ketones is 1. The largest absolute Gasteiger partial charge is 0.364 e. The van der Waals surface area contributed by atoms with Crippen LogP contribution in [0, 0.1) is 5.92 Å². The fourth-order valence-corrected chi connectivity index (χ4v) is 4.29. The maximum Gasteiger partial charge on any atom is 0.196 e. The highest BCUT2D eigenvalue weighted by atomic mass is 16.1. The number of Topliss-reactive ketones (excluding diaryl/α,β-unsaturated/α-hetero) is 1. The lowest BCUT2D eigenvalue weighted by atomic mass is 9.81. The Labute approximate surface area is 150 Å². The Kier molecular flexibility index (Phi) is 3.16. The highest BCUT2D eigenvalue weighted by Gasteiger charge is 2.38. The Morgan fingerprint density at radius 3 is 2.62 bits per heavy atom. The van der Waals surface area contributed by atoms with E-state index in [0.717, 1.165) is 28.7 Å². The number of hydrogen-bond donors (Lipinski definition) is 1. The van der Waals surface area contributed by atoms with Crippen molar-refractivity contribution in [2.24, 2.45) is 5.92 Å². The average molecular weight is 342 g/mol. The lowest BCUT2D eigenvalue weighted by Crippen LogP contribution is -2.54. The third kappa shape index (κ3) is 1.96. The number of rotatable bonds is 1. The molecular formula is C22H18N2O2. The number of carbonyl (C=O) groups excluding carboxylic acids is 1. The van der Waals surface area contributed by atoms with Crippen molar-refractivity contribution in [2.75, 3.05) is 11.4 Å². The van der Waals surface area contributed by atoms with Crippen LogP contribution in [0.2, 0.25) is 0 Å². The number of aromatic amines is 1. The van der Waals surface area contributed by atoms with Gasteiger partial charge in [-0.2, -0.15) is 0 Å². The number of carbonyl (C=O) groups is 1. The molecule has 0 spiro atoms. The van der Waals surface area contributed by atoms with Crippen LogP contribution in [0.3, 0.4) is 0 Å². The molecule has 1 unspecified atom stereocenters. The second-order valence-electron chi connectivity index (χ2n) is 6.84. The van der Waals surface area contributed by atoms with E-state index in [1.807, 2.05) is 60.7 Å². The summed E-state index contributed by atoms with van der Waals surface area (Å²) in [5.41, 5.74) is 2.53. The molecule has 4 nitrogen and oxygen atoms in total. The molecule has 26 heavy (non-hydrogen) atoms. The van der Waals surface area contributed by atoms with Gasteiger partial charge in [0.1, 0.15) is 0 Å². The zero-order valence-electron chi connectivity index (χ0n) is 14.4. The number of para-hydroxylation sites is 2. The van der Waals surface area contributed by atoms with Gasteiger partial charge in [0.25, 0.3) is 0 Å². The number of nitrogens with zero attached hydrogens (tertiary/aromatic N) is 1. The van der Waals surface area contributed by atoms with Crippen LogP contribution in [-0.4, -0.2) is 23.4 Å². The quantitative estimate of drug-likeness (QED) is 0.734. The molecule has 0 radical (unpaired) electrons. The molecule has 2 heterocycles. The summed E-state index contributed by atoms with van der Waals surface area (Å²) in [6, 6.07) is 15.1. The highest BCUT2D eigenvalue weighted by molar-refractivity contribution is 6.09. The van der Waals surface area contributed by atoms with Gasteiger partial charge in [0, 0.05) is 39.3 Å². The van der Waals surface area contributed by atoms with E-state index >= 15 is 0 Å². The molecule has 2 atom stereocenters. The second-order valence-corrected chi connectivity index (χ2v) is 6.84. The second kappa shape index (κ2) is 5.43. The van der Waals surface area contributed by atoms with E-state index in [2.05, 4.69) is 16.8 Å². The maximum absolute atomic E-state index is 13.1. The zero-order chi connectivity index (χ0) is 17.8. The number of nitrogens with one attached hydrogen (secondary N) is 1. The van der Waals surface area contributed by atoms with E-state index in [1.54, 1.807) is 0 Å². The van der Waals surface area contributed by atoms with Gasteiger partial charge in [-0.3, -0.25) is 9.59 Å². The van der Waals surface area contributed by atoms with E-state index in [9.17, 15) is 9.59 Å². The summed E-state index contributed by atoms with van der Waals surface area (Å²) in [4.78, 5) is 31.7. The first-order valence-electron chi connectivity index (χ1n) is 8.93. The number of benzene rings is 2. The molecule has 0 saturated carbocycles. The summed E-state index contributed by atoms with van der Waals surface area (Å²) >= 11 is 0. The van der Waals surface area contributed by atoms with Crippen LogP contribution in [0.4, 0.5) is 5.69 Å². The number of hydrogen-bond acceptors (Lipinski definition) is 3. The van der Waals surface area contributed by atoms with Crippen LogP contribution in [0.25, 0.3) is 23.1 Å². The van der Waals surface area contributed by atoms with Crippen LogP contribution in [0.1, 0.15) is 17.3 Å². The first-order chi connectivity index (χ1) is 12.7. The number of anilines is 1. The van der Waals surface area contributed by atoms with Gasteiger partial charge in [0.15, 0.2) is 11.2 Å². The zero-order valence-corrected chi connectivity index (χ0v) is 14.4. The fraction of sp³-hybridized carbons (Fsp3) is 0.182. The minimum absolute atomic E-state index is 0.0198. The number of fused-ring (bicyclic) bond motifs is 4. The van der Waals surface area contributed by atoms with E-state index in [1.165, 1.54) is 0 Å². The molecule has 4 heteroatoms. The summed E-state index contributed by atoms with van der Waals surface area (Å²) in [5, 5.41) is 2.09. The minimum Gasteiger partial charge on any atom is -0.364 e. The van der Waals surface area contributed by atoms with Crippen molar-refractivity contribution in [3.05, 3.63) is 74.9 Å². The van der Waals surface area contributed by atoms with Crippen molar-refractivity contribution in [1.82, 2.24) is 4.98 Å². The number of pyridine rings is 1. The molecule has 1 aromatic heterocycles. The number of aromatic nitrogens is 1. The lowest BCUT2D eigenvalue weighted by molar-refractivity contribution is 0.0939. The van der Waals surface area contributed by atoms with Gasteiger partial charge < -0.3 is 9.88 Å². The summed E-state index contributed by atoms with van der Waals surface area (Å²) in [6.45, 7) is 2.86. The topological polar surface area (TPSA) is 53.2 Å². The van der Waals surface area contributed by atoms with E-state index in [-0.39, 0.29) is 23.2 Å². The van der Waals surface area contributed by atoms with Crippen molar-refractivity contribution in [3.63, 3.8) is 0 Å². The molecule has 2 aromatic carbocycles. The smallest absolute Gasteiger partial charge is 0.196 e. The van der Waals surface area contributed by atoms with E-state index < -0.39 is 0 Å². The molecule has 128 valence electrons. The Morgan fingerprint density at radius 1 is 1.00 bits per heavy atom. The van der Waals surface area contributed by atoms with Crippen molar-refractivity contribution in [1.29, 1.82) is 0 Å². The van der Waals surface area contributed by atoms with Crippen LogP contribution < -0.4 is 20.9 Å².